The molecular weight excluding hydrogens is 372 g/mol. The third-order valence-electron chi connectivity index (χ3n) is 4.86. The molecule has 29 heavy (non-hydrogen) atoms. The molecule has 0 aliphatic carbocycles. The molecule has 9 heteroatoms. The number of likely N-dealkylation sites (N-methyl/N-ethyl adjacent to an activating group) is 1. The number of aryl methyl sites for hydroxylation is 1. The second kappa shape index (κ2) is 9.33. The molecule has 0 spiro atoms. The first-order chi connectivity index (χ1) is 14.0. The van der Waals surface area contributed by atoms with E-state index in [1.54, 1.807) is 6.20 Å². The number of anilines is 1. The number of rotatable bonds is 10. The van der Waals surface area contributed by atoms with Crippen molar-refractivity contribution in [2.24, 2.45) is 0 Å². The van der Waals surface area contributed by atoms with Crippen LogP contribution in [0.2, 0.25) is 0 Å². The monoisotopic (exact) mass is 398 g/mol. The van der Waals surface area contributed by atoms with Crippen LogP contribution in [0.15, 0.2) is 36.7 Å². The average molecular weight is 398 g/mol. The van der Waals surface area contributed by atoms with Crippen molar-refractivity contribution in [3.05, 3.63) is 42.2 Å². The smallest absolute Gasteiger partial charge is 0.305 e. The minimum Gasteiger partial charge on any atom is -0.481 e. The molecule has 0 atom stereocenters. The fourth-order valence-corrected chi connectivity index (χ4v) is 3.17. The maximum atomic E-state index is 12.7. The number of hydrogen-bond acceptors (Lipinski definition) is 5. The lowest BCUT2D eigenvalue weighted by atomic mass is 10.3. The summed E-state index contributed by atoms with van der Waals surface area (Å²) in [5.41, 5.74) is 2.14. The van der Waals surface area contributed by atoms with Gasteiger partial charge >= 0.3 is 5.97 Å². The first-order valence-corrected chi connectivity index (χ1v) is 9.75. The summed E-state index contributed by atoms with van der Waals surface area (Å²) >= 11 is 0. The van der Waals surface area contributed by atoms with Gasteiger partial charge in [-0.1, -0.05) is 26.0 Å². The van der Waals surface area contributed by atoms with Gasteiger partial charge in [-0.3, -0.25) is 19.6 Å². The van der Waals surface area contributed by atoms with Gasteiger partial charge in [-0.05, 0) is 25.2 Å². The van der Waals surface area contributed by atoms with E-state index in [0.717, 1.165) is 30.7 Å². The Bertz CT molecular complexity index is 989. The molecule has 9 nitrogen and oxygen atoms in total. The molecule has 0 saturated carbocycles. The van der Waals surface area contributed by atoms with Crippen LogP contribution in [0.25, 0.3) is 11.0 Å². The molecule has 0 aliphatic heterocycles. The highest BCUT2D eigenvalue weighted by Gasteiger charge is 2.16. The summed E-state index contributed by atoms with van der Waals surface area (Å²) in [6.45, 7) is 7.94. The number of aliphatic carboxylic acids is 1. The Kier molecular flexibility index (Phi) is 6.61. The van der Waals surface area contributed by atoms with Gasteiger partial charge in [0, 0.05) is 19.3 Å². The predicted octanol–water partition coefficient (Wildman–Crippen LogP) is 2.30. The Hall–Kier alpha value is -3.20. The van der Waals surface area contributed by atoms with E-state index in [2.05, 4.69) is 34.1 Å². The fraction of sp³-hybridized carbons (Fsp3) is 0.400. The first-order valence-electron chi connectivity index (χ1n) is 9.75. The molecule has 0 aliphatic rings. The molecule has 3 rings (SSSR count). The molecule has 2 aromatic heterocycles. The van der Waals surface area contributed by atoms with Gasteiger partial charge in [-0.25, -0.2) is 4.98 Å². The average Bonchev–Trinajstić information content (AvgIpc) is 3.32. The fourth-order valence-electron chi connectivity index (χ4n) is 3.17. The highest BCUT2D eigenvalue weighted by atomic mass is 16.4. The Morgan fingerprint density at radius 1 is 1.17 bits per heavy atom. The van der Waals surface area contributed by atoms with Crippen molar-refractivity contribution in [2.45, 2.75) is 33.4 Å². The Morgan fingerprint density at radius 3 is 2.66 bits per heavy atom. The van der Waals surface area contributed by atoms with Crippen molar-refractivity contribution in [1.82, 2.24) is 24.2 Å². The molecule has 0 saturated heterocycles. The first kappa shape index (κ1) is 20.5. The largest absolute Gasteiger partial charge is 0.481 e. The van der Waals surface area contributed by atoms with E-state index in [1.807, 2.05) is 28.8 Å². The highest BCUT2D eigenvalue weighted by molar-refractivity contribution is 6.03. The standard InChI is InChI=1S/C20H26N6O3/c1-3-24(4-2)11-12-26-17-8-6-5-7-16(17)22-20(26)23-19(29)15-13-21-25(14-15)10-9-18(27)28/h5-8,13-14H,3-4,9-12H2,1-2H3,(H,27,28)(H,22,23,29). The molecule has 1 amide bonds. The van der Waals surface area contributed by atoms with Crippen molar-refractivity contribution >= 4 is 28.9 Å². The van der Waals surface area contributed by atoms with Crippen LogP contribution in [0.5, 0.6) is 0 Å². The van der Waals surface area contributed by atoms with Crippen LogP contribution < -0.4 is 5.32 Å². The van der Waals surface area contributed by atoms with Crippen molar-refractivity contribution in [1.29, 1.82) is 0 Å². The van der Waals surface area contributed by atoms with Crippen LogP contribution in [0.1, 0.15) is 30.6 Å². The van der Waals surface area contributed by atoms with Gasteiger partial charge in [-0.2, -0.15) is 5.10 Å². The number of hydrogen-bond donors (Lipinski definition) is 2. The van der Waals surface area contributed by atoms with E-state index in [0.29, 0.717) is 18.1 Å². The van der Waals surface area contributed by atoms with Crippen LogP contribution in [-0.2, 0) is 17.9 Å². The van der Waals surface area contributed by atoms with Crippen LogP contribution in [0.3, 0.4) is 0 Å². The third-order valence-corrected chi connectivity index (χ3v) is 4.86. The summed E-state index contributed by atoms with van der Waals surface area (Å²) in [6, 6.07) is 7.78. The number of nitrogens with one attached hydrogen (secondary N) is 1. The molecule has 0 unspecified atom stereocenters. The van der Waals surface area contributed by atoms with Crippen LogP contribution in [0, 0.1) is 0 Å². The van der Waals surface area contributed by atoms with Gasteiger partial charge < -0.3 is 14.6 Å². The number of aromatic nitrogens is 4. The van der Waals surface area contributed by atoms with E-state index in [1.165, 1.54) is 10.9 Å². The maximum absolute atomic E-state index is 12.7. The minimum atomic E-state index is -0.909. The molecule has 2 N–H and O–H groups in total. The third kappa shape index (κ3) is 5.00. The van der Waals surface area contributed by atoms with Crippen LogP contribution in [-0.4, -0.2) is 60.8 Å². The lowest BCUT2D eigenvalue weighted by molar-refractivity contribution is -0.137. The number of para-hydroxylation sites is 2. The van der Waals surface area contributed by atoms with Crippen LogP contribution in [0.4, 0.5) is 5.95 Å². The molecule has 0 bridgehead atoms. The second-order valence-corrected chi connectivity index (χ2v) is 6.69. The summed E-state index contributed by atoms with van der Waals surface area (Å²) in [4.78, 5) is 30.3. The number of carboxylic acid groups (broad SMARTS) is 1. The van der Waals surface area contributed by atoms with Crippen molar-refractivity contribution < 1.29 is 14.7 Å². The second-order valence-electron chi connectivity index (χ2n) is 6.69. The van der Waals surface area contributed by atoms with Gasteiger partial charge in [0.15, 0.2) is 0 Å². The summed E-state index contributed by atoms with van der Waals surface area (Å²) in [6.07, 6.45) is 2.92. The normalized spacial score (nSPS) is 11.3. The van der Waals surface area contributed by atoms with E-state index < -0.39 is 5.97 Å². The number of carboxylic acids is 1. The maximum Gasteiger partial charge on any atom is 0.305 e. The van der Waals surface area contributed by atoms with E-state index in [-0.39, 0.29) is 18.9 Å². The zero-order chi connectivity index (χ0) is 20.8. The number of nitrogens with zero attached hydrogens (tertiary/aromatic N) is 5. The van der Waals surface area contributed by atoms with Gasteiger partial charge in [-0.15, -0.1) is 0 Å². The summed E-state index contributed by atoms with van der Waals surface area (Å²) in [7, 11) is 0. The van der Waals surface area contributed by atoms with E-state index >= 15 is 0 Å². The number of amides is 1. The quantitative estimate of drug-likeness (QED) is 0.543. The Morgan fingerprint density at radius 2 is 1.93 bits per heavy atom. The summed E-state index contributed by atoms with van der Waals surface area (Å²) < 4.78 is 3.47. The Balaban J connectivity index is 1.79. The summed E-state index contributed by atoms with van der Waals surface area (Å²) in [5.74, 6) is -0.749. The lowest BCUT2D eigenvalue weighted by Gasteiger charge is -2.19. The number of carbonyl (C=O) groups is 2. The van der Waals surface area contributed by atoms with Crippen molar-refractivity contribution in [3.8, 4) is 0 Å². The Labute approximate surface area is 168 Å². The van der Waals surface area contributed by atoms with Crippen molar-refractivity contribution in [3.63, 3.8) is 0 Å². The predicted molar refractivity (Wildman–Crippen MR) is 110 cm³/mol. The molecule has 0 radical (unpaired) electrons. The highest BCUT2D eigenvalue weighted by Crippen LogP contribution is 2.20. The zero-order valence-corrected chi connectivity index (χ0v) is 16.7. The zero-order valence-electron chi connectivity index (χ0n) is 16.7. The number of carbonyl (C=O) groups excluding carboxylic acids is 1. The van der Waals surface area contributed by atoms with E-state index in [4.69, 9.17) is 5.11 Å². The number of fused-ring (bicyclic) bond motifs is 1. The minimum absolute atomic E-state index is 0.0517. The van der Waals surface area contributed by atoms with Gasteiger partial charge in [0.05, 0.1) is 35.8 Å². The lowest BCUT2D eigenvalue weighted by Crippen LogP contribution is -2.27. The van der Waals surface area contributed by atoms with Gasteiger partial charge in [0.25, 0.3) is 5.91 Å². The molecule has 2 heterocycles. The van der Waals surface area contributed by atoms with E-state index in [9.17, 15) is 9.59 Å². The topological polar surface area (TPSA) is 105 Å². The number of benzene rings is 1. The summed E-state index contributed by atoms with van der Waals surface area (Å²) in [5, 5.41) is 15.7. The van der Waals surface area contributed by atoms with Crippen LogP contribution >= 0.6 is 0 Å². The van der Waals surface area contributed by atoms with Crippen molar-refractivity contribution in [2.75, 3.05) is 25.0 Å². The molecule has 154 valence electrons. The van der Waals surface area contributed by atoms with Gasteiger partial charge in [0.2, 0.25) is 5.95 Å². The molecule has 3 aromatic rings. The molecule has 0 fully saturated rings. The number of imidazole rings is 1. The van der Waals surface area contributed by atoms with Gasteiger partial charge in [0.1, 0.15) is 0 Å². The SMILES string of the molecule is CCN(CC)CCn1c(NC(=O)c2cnn(CCC(=O)O)c2)nc2ccccc21. The molecule has 1 aromatic carbocycles. The molecular formula is C20H26N6O3.